The van der Waals surface area contributed by atoms with Crippen LogP contribution in [0.25, 0.3) is 11.0 Å². The molecule has 48 heavy (non-hydrogen) atoms. The Hall–Kier alpha value is -5.44. The van der Waals surface area contributed by atoms with Crippen molar-refractivity contribution in [2.45, 2.75) is 78.4 Å². The minimum atomic E-state index is -1.53. The summed E-state index contributed by atoms with van der Waals surface area (Å²) < 4.78 is 50.1. The molecule has 5 atom stereocenters. The molecule has 3 aromatic rings. The van der Waals surface area contributed by atoms with E-state index in [-0.39, 0.29) is 28.0 Å². The molecule has 256 valence electrons. The van der Waals surface area contributed by atoms with Crippen molar-refractivity contribution in [3.8, 4) is 17.2 Å². The minimum absolute atomic E-state index is 0.0103. The molecular weight excluding hydrogens is 636 g/mol. The summed E-state index contributed by atoms with van der Waals surface area (Å²) in [5.41, 5.74) is -0.869. The average Bonchev–Trinajstić information content (AvgIpc) is 3.00. The molecule has 0 bridgehead atoms. The molecule has 15 heteroatoms. The van der Waals surface area contributed by atoms with Crippen LogP contribution in [0.4, 0.5) is 0 Å². The number of carbonyl (C=O) groups excluding carboxylic acids is 5. The molecule has 0 N–H and O–H groups in total. The zero-order valence-electron chi connectivity index (χ0n) is 26.9. The molecule has 1 aliphatic rings. The molecule has 0 amide bonds. The number of hydrogen-bond acceptors (Lipinski definition) is 15. The van der Waals surface area contributed by atoms with E-state index in [0.717, 1.165) is 27.7 Å². The molecule has 15 nitrogen and oxygen atoms in total. The minimum Gasteiger partial charge on any atom is -0.486 e. The van der Waals surface area contributed by atoms with Gasteiger partial charge in [0, 0.05) is 33.8 Å². The fourth-order valence-electron chi connectivity index (χ4n) is 4.79. The molecule has 1 aromatic heterocycles. The lowest BCUT2D eigenvalue weighted by Gasteiger charge is -2.43. The number of fused-ring (bicyclic) bond motifs is 1. The highest BCUT2D eigenvalue weighted by Crippen LogP contribution is 2.37. The molecular formula is C33H34O15. The Morgan fingerprint density at radius 1 is 0.771 bits per heavy atom. The van der Waals surface area contributed by atoms with Crippen LogP contribution in [0.2, 0.25) is 0 Å². The summed E-state index contributed by atoms with van der Waals surface area (Å²) in [6.07, 6.45) is -7.56. The number of benzene rings is 2. The van der Waals surface area contributed by atoms with Gasteiger partial charge in [0.15, 0.2) is 18.0 Å². The standard InChI is InChI=1S/C33H34O15/c1-16(2)41-26-23-13-12-22(14-24(23)46-32(39)29(26)48-31(38)21-10-8-7-9-11-21)45-33-30(44-20(6)37)28(43-19(5)36)27(42-18(4)35)25(47-33)15-40-17(3)34/h7-14,16,25,27-28,30,33H,15H2,1-6H3/t25-,27+,28+,30-,33-/m1/s1. The molecule has 1 fully saturated rings. The Labute approximate surface area is 273 Å². The maximum absolute atomic E-state index is 13.1. The molecule has 4 rings (SSSR count). The van der Waals surface area contributed by atoms with Gasteiger partial charge in [0.2, 0.25) is 12.4 Å². The first-order valence-corrected chi connectivity index (χ1v) is 14.7. The van der Waals surface area contributed by atoms with Gasteiger partial charge in [-0.05, 0) is 38.1 Å². The molecule has 0 aliphatic carbocycles. The van der Waals surface area contributed by atoms with E-state index in [0.29, 0.717) is 0 Å². The van der Waals surface area contributed by atoms with Crippen molar-refractivity contribution < 1.29 is 66.3 Å². The highest BCUT2D eigenvalue weighted by molar-refractivity contribution is 5.93. The Morgan fingerprint density at radius 2 is 1.40 bits per heavy atom. The highest BCUT2D eigenvalue weighted by Gasteiger charge is 2.53. The van der Waals surface area contributed by atoms with Gasteiger partial charge in [-0.3, -0.25) is 19.2 Å². The summed E-state index contributed by atoms with van der Waals surface area (Å²) >= 11 is 0. The van der Waals surface area contributed by atoms with Crippen LogP contribution in [0.5, 0.6) is 17.2 Å². The lowest BCUT2D eigenvalue weighted by molar-refractivity contribution is -0.288. The van der Waals surface area contributed by atoms with Crippen molar-refractivity contribution in [1.29, 1.82) is 0 Å². The fourth-order valence-corrected chi connectivity index (χ4v) is 4.79. The molecule has 1 saturated heterocycles. The maximum atomic E-state index is 13.1. The maximum Gasteiger partial charge on any atom is 0.383 e. The van der Waals surface area contributed by atoms with Crippen LogP contribution in [-0.4, -0.2) is 73.3 Å². The van der Waals surface area contributed by atoms with E-state index >= 15 is 0 Å². The number of rotatable bonds is 11. The van der Waals surface area contributed by atoms with Crippen molar-refractivity contribution in [2.24, 2.45) is 0 Å². The monoisotopic (exact) mass is 670 g/mol. The normalized spacial score (nSPS) is 20.4. The third-order valence-corrected chi connectivity index (χ3v) is 6.55. The molecule has 0 radical (unpaired) electrons. The Balaban J connectivity index is 1.74. The second-order valence-electron chi connectivity index (χ2n) is 10.8. The van der Waals surface area contributed by atoms with Gasteiger partial charge in [-0.25, -0.2) is 9.59 Å². The van der Waals surface area contributed by atoms with Gasteiger partial charge in [0.1, 0.15) is 24.0 Å². The van der Waals surface area contributed by atoms with E-state index in [1.807, 2.05) is 0 Å². The van der Waals surface area contributed by atoms with Gasteiger partial charge in [0.25, 0.3) is 5.75 Å². The molecule has 0 saturated carbocycles. The van der Waals surface area contributed by atoms with Crippen LogP contribution in [0, 0.1) is 0 Å². The fraction of sp³-hybridized carbons (Fsp3) is 0.394. The topological polar surface area (TPSA) is 189 Å². The first-order valence-electron chi connectivity index (χ1n) is 14.7. The van der Waals surface area contributed by atoms with Crippen molar-refractivity contribution in [3.05, 3.63) is 64.5 Å². The van der Waals surface area contributed by atoms with E-state index in [9.17, 15) is 28.8 Å². The smallest absolute Gasteiger partial charge is 0.383 e. The molecule has 2 heterocycles. The second-order valence-corrected chi connectivity index (χ2v) is 10.8. The predicted octanol–water partition coefficient (Wildman–Crippen LogP) is 3.26. The van der Waals surface area contributed by atoms with Gasteiger partial charge in [-0.15, -0.1) is 0 Å². The summed E-state index contributed by atoms with van der Waals surface area (Å²) in [5, 5.41) is 0.244. The zero-order chi connectivity index (χ0) is 35.1. The predicted molar refractivity (Wildman–Crippen MR) is 162 cm³/mol. The molecule has 0 unspecified atom stereocenters. The largest absolute Gasteiger partial charge is 0.486 e. The van der Waals surface area contributed by atoms with Crippen molar-refractivity contribution in [2.75, 3.05) is 6.61 Å². The van der Waals surface area contributed by atoms with Gasteiger partial charge >= 0.3 is 35.5 Å². The Kier molecular flexibility index (Phi) is 11.4. The Bertz CT molecular complexity index is 1730. The van der Waals surface area contributed by atoms with E-state index < -0.39 is 84.6 Å². The van der Waals surface area contributed by atoms with E-state index in [2.05, 4.69) is 0 Å². The van der Waals surface area contributed by atoms with E-state index in [1.54, 1.807) is 32.0 Å². The van der Waals surface area contributed by atoms with Gasteiger partial charge in [-0.2, -0.15) is 0 Å². The first-order chi connectivity index (χ1) is 22.7. The first kappa shape index (κ1) is 35.4. The lowest BCUT2D eigenvalue weighted by Crippen LogP contribution is -2.63. The van der Waals surface area contributed by atoms with Crippen molar-refractivity contribution in [3.63, 3.8) is 0 Å². The number of ether oxygens (including phenoxy) is 8. The van der Waals surface area contributed by atoms with Gasteiger partial charge < -0.3 is 42.3 Å². The van der Waals surface area contributed by atoms with Crippen LogP contribution in [0.15, 0.2) is 57.7 Å². The highest BCUT2D eigenvalue weighted by atomic mass is 16.7. The van der Waals surface area contributed by atoms with Gasteiger partial charge in [-0.1, -0.05) is 18.2 Å². The SMILES string of the molecule is CC(=O)OC[C@H]1O[C@@H](Oc2ccc3c(OC(C)C)c(OC(=O)c4ccccc4)c(=O)oc3c2)[C@H](OC(C)=O)[C@@H](OC(C)=O)[C@H]1OC(C)=O. The lowest BCUT2D eigenvalue weighted by atomic mass is 9.98. The average molecular weight is 671 g/mol. The number of esters is 5. The zero-order valence-corrected chi connectivity index (χ0v) is 26.9. The quantitative estimate of drug-likeness (QED) is 0.164. The van der Waals surface area contributed by atoms with E-state index in [4.69, 9.17) is 42.3 Å². The third kappa shape index (κ3) is 8.88. The summed E-state index contributed by atoms with van der Waals surface area (Å²) in [6, 6.07) is 12.2. The summed E-state index contributed by atoms with van der Waals surface area (Å²) in [6.45, 7) is 7.41. The van der Waals surface area contributed by atoms with Crippen LogP contribution < -0.4 is 19.8 Å². The van der Waals surface area contributed by atoms with Crippen LogP contribution in [-0.2, 0) is 42.9 Å². The summed E-state index contributed by atoms with van der Waals surface area (Å²) in [5.74, 6) is -4.40. The second kappa shape index (κ2) is 15.4. The molecule has 2 aromatic carbocycles. The van der Waals surface area contributed by atoms with Crippen LogP contribution in [0.3, 0.4) is 0 Å². The third-order valence-electron chi connectivity index (χ3n) is 6.55. The van der Waals surface area contributed by atoms with Gasteiger partial charge in [0.05, 0.1) is 17.1 Å². The van der Waals surface area contributed by atoms with E-state index in [1.165, 1.54) is 30.3 Å². The number of carbonyl (C=O) groups is 5. The molecule has 0 spiro atoms. The summed E-state index contributed by atoms with van der Waals surface area (Å²) in [7, 11) is 0. The van der Waals surface area contributed by atoms with Crippen LogP contribution >= 0.6 is 0 Å². The van der Waals surface area contributed by atoms with Crippen molar-refractivity contribution in [1.82, 2.24) is 0 Å². The summed E-state index contributed by atoms with van der Waals surface area (Å²) in [4.78, 5) is 73.8. The Morgan fingerprint density at radius 3 is 2.00 bits per heavy atom. The van der Waals surface area contributed by atoms with Crippen molar-refractivity contribution >= 4 is 40.8 Å². The van der Waals surface area contributed by atoms with Crippen LogP contribution in [0.1, 0.15) is 51.9 Å². The number of hydrogen-bond donors (Lipinski definition) is 0. The molecule has 1 aliphatic heterocycles.